The predicted molar refractivity (Wildman–Crippen MR) is 142 cm³/mol. The van der Waals surface area contributed by atoms with E-state index in [1.165, 1.54) is 137 Å². The van der Waals surface area contributed by atoms with E-state index >= 15 is 0 Å². The van der Waals surface area contributed by atoms with E-state index < -0.39 is 0 Å². The van der Waals surface area contributed by atoms with E-state index in [4.69, 9.17) is 0 Å². The minimum Gasteiger partial charge on any atom is -0.126 e. The van der Waals surface area contributed by atoms with Crippen LogP contribution in [-0.4, -0.2) is 11.5 Å². The average Bonchev–Trinajstić information content (AvgIpc) is 2.76. The molecule has 30 heavy (non-hydrogen) atoms. The van der Waals surface area contributed by atoms with Gasteiger partial charge in [-0.15, -0.1) is 23.5 Å². The Kier molecular flexibility index (Phi) is 20.6. The van der Waals surface area contributed by atoms with Crippen LogP contribution in [0.1, 0.15) is 129 Å². The van der Waals surface area contributed by atoms with Crippen LogP contribution in [0.4, 0.5) is 0 Å². The summed E-state index contributed by atoms with van der Waals surface area (Å²) in [4.78, 5) is 2.93. The first-order chi connectivity index (χ1) is 14.9. The van der Waals surface area contributed by atoms with Crippen LogP contribution in [0, 0.1) is 0 Å². The third-order valence-corrected chi connectivity index (χ3v) is 8.00. The summed E-state index contributed by atoms with van der Waals surface area (Å²) in [7, 11) is 0. The van der Waals surface area contributed by atoms with Crippen molar-refractivity contribution in [3.8, 4) is 0 Å². The number of hydrogen-bond acceptors (Lipinski definition) is 2. The van der Waals surface area contributed by atoms with Crippen molar-refractivity contribution >= 4 is 23.5 Å². The third kappa shape index (κ3) is 17.6. The molecule has 0 radical (unpaired) electrons. The first-order valence-electron chi connectivity index (χ1n) is 13.2. The fraction of sp³-hybridized carbons (Fsp3) is 0.786. The molecule has 0 nitrogen and oxygen atoms in total. The second-order valence-electron chi connectivity index (χ2n) is 8.83. The van der Waals surface area contributed by atoms with Crippen molar-refractivity contribution in [3.63, 3.8) is 0 Å². The van der Waals surface area contributed by atoms with Gasteiger partial charge in [0.1, 0.15) is 0 Å². The van der Waals surface area contributed by atoms with Crippen LogP contribution in [-0.2, 0) is 0 Å². The summed E-state index contributed by atoms with van der Waals surface area (Å²) in [6, 6.07) is 9.25. The van der Waals surface area contributed by atoms with Crippen molar-refractivity contribution in [2.24, 2.45) is 0 Å². The van der Waals surface area contributed by atoms with Gasteiger partial charge in [0.15, 0.2) is 0 Å². The van der Waals surface area contributed by atoms with Crippen LogP contribution in [0.2, 0.25) is 0 Å². The fourth-order valence-corrected chi connectivity index (χ4v) is 5.87. The molecule has 174 valence electrons. The summed E-state index contributed by atoms with van der Waals surface area (Å²) < 4.78 is 0. The second-order valence-corrected chi connectivity index (χ2v) is 11.2. The Balaban J connectivity index is 1.97. The van der Waals surface area contributed by atoms with Crippen molar-refractivity contribution in [2.45, 2.75) is 139 Å². The summed E-state index contributed by atoms with van der Waals surface area (Å²) in [5.41, 5.74) is 0. The van der Waals surface area contributed by atoms with Gasteiger partial charge in [0.05, 0.1) is 0 Å². The van der Waals surface area contributed by atoms with Crippen molar-refractivity contribution in [1.29, 1.82) is 0 Å². The number of rotatable bonds is 22. The van der Waals surface area contributed by atoms with Crippen molar-refractivity contribution in [1.82, 2.24) is 0 Å². The van der Waals surface area contributed by atoms with E-state index in [0.717, 1.165) is 0 Å². The molecule has 0 aliphatic rings. The molecule has 0 N–H and O–H groups in total. The lowest BCUT2D eigenvalue weighted by atomic mass is 10.1. The molecule has 0 saturated heterocycles. The Bertz CT molecular complexity index is 432. The van der Waals surface area contributed by atoms with Gasteiger partial charge in [-0.2, -0.15) is 0 Å². The molecule has 0 bridgehead atoms. The van der Waals surface area contributed by atoms with Crippen molar-refractivity contribution < 1.29 is 0 Å². The standard InChI is InChI=1S/C28H50S2/c1-3-5-7-9-11-13-15-17-19-24-29-27-22-21-23-28(26-27)30-25-20-18-16-14-12-10-8-6-4-2/h21-23,26H,3-20,24-25H2,1-2H3. The number of hydrogen-bond donors (Lipinski definition) is 0. The highest BCUT2D eigenvalue weighted by atomic mass is 32.2. The van der Waals surface area contributed by atoms with Gasteiger partial charge in [0.2, 0.25) is 0 Å². The van der Waals surface area contributed by atoms with Crippen LogP contribution in [0.15, 0.2) is 34.1 Å². The van der Waals surface area contributed by atoms with Gasteiger partial charge in [-0.3, -0.25) is 0 Å². The zero-order valence-electron chi connectivity index (χ0n) is 20.3. The molecule has 0 heterocycles. The quantitative estimate of drug-likeness (QED) is 0.127. The molecule has 0 spiro atoms. The zero-order chi connectivity index (χ0) is 21.5. The SMILES string of the molecule is CCCCCCCCCCCSc1cccc(SCCCCCCCCCCC)c1. The second kappa shape index (κ2) is 22.1. The number of benzene rings is 1. The maximum Gasteiger partial charge on any atom is 0.00830 e. The molecule has 1 aromatic carbocycles. The van der Waals surface area contributed by atoms with Crippen LogP contribution in [0.5, 0.6) is 0 Å². The Morgan fingerprint density at radius 1 is 0.467 bits per heavy atom. The molecule has 0 saturated carbocycles. The van der Waals surface area contributed by atoms with E-state index in [1.807, 2.05) is 0 Å². The Morgan fingerprint density at radius 2 is 0.800 bits per heavy atom. The first kappa shape index (κ1) is 28.0. The lowest BCUT2D eigenvalue weighted by molar-refractivity contribution is 0.573. The molecule has 2 heteroatoms. The van der Waals surface area contributed by atoms with Gasteiger partial charge in [-0.25, -0.2) is 0 Å². The summed E-state index contributed by atoms with van der Waals surface area (Å²) in [6.45, 7) is 4.59. The van der Waals surface area contributed by atoms with Crippen LogP contribution in [0.25, 0.3) is 0 Å². The molecular formula is C28H50S2. The van der Waals surface area contributed by atoms with Crippen LogP contribution < -0.4 is 0 Å². The molecule has 0 atom stereocenters. The van der Waals surface area contributed by atoms with E-state index in [2.05, 4.69) is 61.6 Å². The largest absolute Gasteiger partial charge is 0.126 e. The Labute approximate surface area is 198 Å². The minimum absolute atomic E-state index is 1.28. The molecule has 0 fully saturated rings. The van der Waals surface area contributed by atoms with Crippen molar-refractivity contribution in [3.05, 3.63) is 24.3 Å². The van der Waals surface area contributed by atoms with E-state index in [0.29, 0.717) is 0 Å². The third-order valence-electron chi connectivity index (χ3n) is 5.84. The van der Waals surface area contributed by atoms with E-state index in [-0.39, 0.29) is 0 Å². The highest BCUT2D eigenvalue weighted by molar-refractivity contribution is 8.00. The maximum atomic E-state index is 2.41. The normalized spacial score (nSPS) is 11.3. The molecule has 0 unspecified atom stereocenters. The van der Waals surface area contributed by atoms with Gasteiger partial charge < -0.3 is 0 Å². The first-order valence-corrected chi connectivity index (χ1v) is 15.2. The van der Waals surface area contributed by atoms with Gasteiger partial charge >= 0.3 is 0 Å². The van der Waals surface area contributed by atoms with Crippen LogP contribution >= 0.6 is 23.5 Å². The molecule has 1 aromatic rings. The average molecular weight is 451 g/mol. The Morgan fingerprint density at radius 3 is 1.17 bits per heavy atom. The van der Waals surface area contributed by atoms with Gasteiger partial charge in [-0.1, -0.05) is 123 Å². The topological polar surface area (TPSA) is 0 Å². The minimum atomic E-state index is 1.28. The summed E-state index contributed by atoms with van der Waals surface area (Å²) in [5.74, 6) is 2.56. The smallest absolute Gasteiger partial charge is 0.00830 e. The monoisotopic (exact) mass is 450 g/mol. The summed E-state index contributed by atoms with van der Waals surface area (Å²) in [5, 5.41) is 0. The number of unbranched alkanes of at least 4 members (excludes halogenated alkanes) is 16. The molecular weight excluding hydrogens is 400 g/mol. The lowest BCUT2D eigenvalue weighted by Crippen LogP contribution is -1.85. The van der Waals surface area contributed by atoms with Gasteiger partial charge in [-0.05, 0) is 42.5 Å². The fourth-order valence-electron chi connectivity index (χ4n) is 3.86. The molecule has 0 aliphatic carbocycles. The van der Waals surface area contributed by atoms with Gasteiger partial charge in [0.25, 0.3) is 0 Å². The molecule has 0 aromatic heterocycles. The molecule has 1 rings (SSSR count). The Hall–Kier alpha value is -0.0800. The highest BCUT2D eigenvalue weighted by Gasteiger charge is 2.00. The lowest BCUT2D eigenvalue weighted by Gasteiger charge is -2.06. The van der Waals surface area contributed by atoms with E-state index in [1.54, 1.807) is 0 Å². The highest BCUT2D eigenvalue weighted by Crippen LogP contribution is 2.27. The molecule has 0 aliphatic heterocycles. The van der Waals surface area contributed by atoms with E-state index in [9.17, 15) is 0 Å². The molecule has 0 amide bonds. The summed E-state index contributed by atoms with van der Waals surface area (Å²) in [6.07, 6.45) is 25.6. The predicted octanol–water partition coefficient (Wildman–Crippen LogP) is 10.9. The van der Waals surface area contributed by atoms with Crippen LogP contribution in [0.3, 0.4) is 0 Å². The number of thioether (sulfide) groups is 2. The maximum absolute atomic E-state index is 2.41. The zero-order valence-corrected chi connectivity index (χ0v) is 21.9. The van der Waals surface area contributed by atoms with Crippen molar-refractivity contribution in [2.75, 3.05) is 11.5 Å². The van der Waals surface area contributed by atoms with Gasteiger partial charge in [0, 0.05) is 9.79 Å². The summed E-state index contributed by atoms with van der Waals surface area (Å²) >= 11 is 4.11.